The Bertz CT molecular complexity index is 968. The van der Waals surface area contributed by atoms with Crippen molar-refractivity contribution in [3.8, 4) is 11.6 Å². The van der Waals surface area contributed by atoms with E-state index >= 15 is 0 Å². The van der Waals surface area contributed by atoms with Gasteiger partial charge in [0, 0.05) is 35.7 Å². The van der Waals surface area contributed by atoms with Gasteiger partial charge < -0.3 is 4.74 Å². The molecule has 8 heteroatoms. The monoisotopic (exact) mass is 385 g/mol. The quantitative estimate of drug-likeness (QED) is 0.242. The Hall–Kier alpha value is -3.00. The van der Waals surface area contributed by atoms with Crippen molar-refractivity contribution < 1.29 is 14.1 Å². The molecule has 0 atom stereocenters. The van der Waals surface area contributed by atoms with E-state index < -0.39 is 10.7 Å². The molecule has 0 bridgehead atoms. The smallest absolute Gasteiger partial charge is 0.269 e. The van der Waals surface area contributed by atoms with E-state index in [2.05, 4.69) is 9.97 Å². The molecule has 0 N–H and O–H groups in total. The van der Waals surface area contributed by atoms with Crippen LogP contribution in [0.5, 0.6) is 11.6 Å². The van der Waals surface area contributed by atoms with Crippen LogP contribution >= 0.6 is 11.8 Å². The number of non-ortho nitro benzene ring substituents is 1. The van der Waals surface area contributed by atoms with Gasteiger partial charge in [-0.25, -0.2) is 9.37 Å². The van der Waals surface area contributed by atoms with E-state index in [1.807, 2.05) is 13.0 Å². The predicted molar refractivity (Wildman–Crippen MR) is 101 cm³/mol. The molecule has 0 aliphatic carbocycles. The number of hydrogen-bond donors (Lipinski definition) is 0. The zero-order valence-corrected chi connectivity index (χ0v) is 15.3. The van der Waals surface area contributed by atoms with Crippen LogP contribution in [0.1, 0.15) is 18.2 Å². The Morgan fingerprint density at radius 2 is 1.96 bits per heavy atom. The third kappa shape index (κ3) is 5.24. The fourth-order valence-electron chi connectivity index (χ4n) is 2.31. The zero-order chi connectivity index (χ0) is 19.2. The number of aryl methyl sites for hydroxylation is 1. The van der Waals surface area contributed by atoms with Crippen molar-refractivity contribution >= 4 is 17.4 Å². The maximum absolute atomic E-state index is 13.3. The standard InChI is InChI=1S/C19H16FN3O3S/c1-2-15-11-18(26-17-8-4-6-14(20)10-17)22-19(21-15)27-12-13-5-3-7-16(9-13)23(24)25/h3-11H,2,12H2,1H3. The number of nitrogens with zero attached hydrogens (tertiary/aromatic N) is 3. The van der Waals surface area contributed by atoms with Gasteiger partial charge in [-0.2, -0.15) is 4.98 Å². The Morgan fingerprint density at radius 1 is 1.15 bits per heavy atom. The number of nitro groups is 1. The Morgan fingerprint density at radius 3 is 2.70 bits per heavy atom. The molecule has 0 spiro atoms. The molecule has 138 valence electrons. The second-order valence-electron chi connectivity index (χ2n) is 5.61. The van der Waals surface area contributed by atoms with Crippen LogP contribution in [0.25, 0.3) is 0 Å². The highest BCUT2D eigenvalue weighted by Gasteiger charge is 2.10. The number of aromatic nitrogens is 2. The van der Waals surface area contributed by atoms with Crippen molar-refractivity contribution in [1.82, 2.24) is 9.97 Å². The molecular formula is C19H16FN3O3S. The Kier molecular flexibility index (Phi) is 5.97. The number of hydrogen-bond acceptors (Lipinski definition) is 6. The molecule has 2 aromatic carbocycles. The summed E-state index contributed by atoms with van der Waals surface area (Å²) in [7, 11) is 0. The van der Waals surface area contributed by atoms with Gasteiger partial charge in [0.15, 0.2) is 5.16 Å². The SMILES string of the molecule is CCc1cc(Oc2cccc(F)c2)nc(SCc2cccc([N+](=O)[O-])c2)n1. The van der Waals surface area contributed by atoms with E-state index in [4.69, 9.17) is 4.74 Å². The van der Waals surface area contributed by atoms with Gasteiger partial charge in [0.2, 0.25) is 5.88 Å². The van der Waals surface area contributed by atoms with Crippen molar-refractivity contribution in [1.29, 1.82) is 0 Å². The first-order chi connectivity index (χ1) is 13.0. The van der Waals surface area contributed by atoms with Gasteiger partial charge in [-0.1, -0.05) is 36.9 Å². The van der Waals surface area contributed by atoms with E-state index in [-0.39, 0.29) is 5.69 Å². The molecule has 0 amide bonds. The molecule has 0 aliphatic heterocycles. The molecule has 27 heavy (non-hydrogen) atoms. The first kappa shape index (κ1) is 18.8. The third-order valence-electron chi connectivity index (χ3n) is 3.61. The van der Waals surface area contributed by atoms with E-state index in [0.717, 1.165) is 11.3 Å². The number of nitro benzene ring substituents is 1. The summed E-state index contributed by atoms with van der Waals surface area (Å²) in [5.41, 5.74) is 1.64. The first-order valence-corrected chi connectivity index (χ1v) is 9.19. The molecule has 1 heterocycles. The van der Waals surface area contributed by atoms with Crippen LogP contribution in [0, 0.1) is 15.9 Å². The molecule has 6 nitrogen and oxygen atoms in total. The summed E-state index contributed by atoms with van der Waals surface area (Å²) in [5, 5.41) is 11.4. The highest BCUT2D eigenvalue weighted by molar-refractivity contribution is 7.98. The first-order valence-electron chi connectivity index (χ1n) is 8.21. The van der Waals surface area contributed by atoms with Crippen molar-refractivity contribution in [2.45, 2.75) is 24.3 Å². The molecule has 3 aromatic rings. The van der Waals surface area contributed by atoms with Crippen LogP contribution in [0.3, 0.4) is 0 Å². The van der Waals surface area contributed by atoms with Crippen molar-refractivity contribution in [3.63, 3.8) is 0 Å². The predicted octanol–water partition coefficient (Wildman–Crippen LogP) is 5.17. The minimum atomic E-state index is -0.423. The van der Waals surface area contributed by atoms with Crippen molar-refractivity contribution in [3.05, 3.63) is 81.8 Å². The van der Waals surface area contributed by atoms with E-state index in [0.29, 0.717) is 29.0 Å². The number of halogens is 1. The molecule has 0 fully saturated rings. The molecule has 0 unspecified atom stereocenters. The van der Waals surface area contributed by atoms with Crippen LogP contribution in [0.2, 0.25) is 0 Å². The molecule has 0 aliphatic rings. The lowest BCUT2D eigenvalue weighted by molar-refractivity contribution is -0.384. The second-order valence-corrected chi connectivity index (χ2v) is 6.55. The van der Waals surface area contributed by atoms with Gasteiger partial charge in [0.1, 0.15) is 11.6 Å². The average Bonchev–Trinajstić information content (AvgIpc) is 2.66. The lowest BCUT2D eigenvalue weighted by atomic mass is 10.2. The van der Waals surface area contributed by atoms with Gasteiger partial charge in [0.05, 0.1) is 4.92 Å². The van der Waals surface area contributed by atoms with Crippen molar-refractivity contribution in [2.24, 2.45) is 0 Å². The lowest BCUT2D eigenvalue weighted by Gasteiger charge is -2.08. The molecule has 0 saturated carbocycles. The van der Waals surface area contributed by atoms with Crippen LogP contribution in [0.15, 0.2) is 59.8 Å². The normalized spacial score (nSPS) is 10.6. The average molecular weight is 385 g/mol. The highest BCUT2D eigenvalue weighted by atomic mass is 32.2. The summed E-state index contributed by atoms with van der Waals surface area (Å²) in [6.07, 6.45) is 0.687. The summed E-state index contributed by atoms with van der Waals surface area (Å²) in [5.74, 6) is 0.769. The Balaban J connectivity index is 1.77. The second kappa shape index (κ2) is 8.59. The van der Waals surface area contributed by atoms with Crippen molar-refractivity contribution in [2.75, 3.05) is 0 Å². The van der Waals surface area contributed by atoms with Crippen LogP contribution < -0.4 is 4.74 Å². The maximum Gasteiger partial charge on any atom is 0.269 e. The lowest BCUT2D eigenvalue weighted by Crippen LogP contribution is -1.97. The van der Waals surface area contributed by atoms with Crippen LogP contribution in [-0.4, -0.2) is 14.9 Å². The van der Waals surface area contributed by atoms with Gasteiger partial charge in [0.25, 0.3) is 5.69 Å². The molecule has 0 saturated heterocycles. The van der Waals surface area contributed by atoms with E-state index in [1.165, 1.54) is 36.0 Å². The summed E-state index contributed by atoms with van der Waals surface area (Å²) in [6, 6.07) is 14.0. The maximum atomic E-state index is 13.3. The topological polar surface area (TPSA) is 78.2 Å². The summed E-state index contributed by atoms with van der Waals surface area (Å²) < 4.78 is 19.0. The van der Waals surface area contributed by atoms with Gasteiger partial charge >= 0.3 is 0 Å². The number of rotatable bonds is 7. The summed E-state index contributed by atoms with van der Waals surface area (Å²) in [4.78, 5) is 19.3. The highest BCUT2D eigenvalue weighted by Crippen LogP contribution is 2.26. The molecule has 0 radical (unpaired) electrons. The zero-order valence-electron chi connectivity index (χ0n) is 14.5. The third-order valence-corrected chi connectivity index (χ3v) is 4.52. The van der Waals surface area contributed by atoms with Gasteiger partial charge in [-0.15, -0.1) is 0 Å². The summed E-state index contributed by atoms with van der Waals surface area (Å²) in [6.45, 7) is 1.96. The molecule has 1 aromatic heterocycles. The number of ether oxygens (including phenoxy) is 1. The van der Waals surface area contributed by atoms with E-state index in [1.54, 1.807) is 24.3 Å². The fourth-order valence-corrected chi connectivity index (χ4v) is 3.12. The molecule has 3 rings (SSSR count). The largest absolute Gasteiger partial charge is 0.439 e. The Labute approximate surface area is 159 Å². The summed E-state index contributed by atoms with van der Waals surface area (Å²) >= 11 is 1.35. The fraction of sp³-hybridized carbons (Fsp3) is 0.158. The van der Waals surface area contributed by atoms with E-state index in [9.17, 15) is 14.5 Å². The van der Waals surface area contributed by atoms with Crippen LogP contribution in [0.4, 0.5) is 10.1 Å². The van der Waals surface area contributed by atoms with Crippen LogP contribution in [-0.2, 0) is 12.2 Å². The van der Waals surface area contributed by atoms with Gasteiger partial charge in [-0.05, 0) is 24.1 Å². The van der Waals surface area contributed by atoms with Gasteiger partial charge in [-0.3, -0.25) is 10.1 Å². The number of thioether (sulfide) groups is 1. The number of benzene rings is 2. The minimum Gasteiger partial charge on any atom is -0.439 e. The molecular weight excluding hydrogens is 369 g/mol. The minimum absolute atomic E-state index is 0.0476.